The van der Waals surface area contributed by atoms with E-state index in [1.807, 2.05) is 6.07 Å². The van der Waals surface area contributed by atoms with Gasteiger partial charge in [-0.2, -0.15) is 0 Å². The van der Waals surface area contributed by atoms with Crippen LogP contribution >= 0.6 is 0 Å². The Balaban J connectivity index is 2.05. The number of aryl methyl sites for hydroxylation is 1. The largest absolute Gasteiger partial charge is 0.423 e. The summed E-state index contributed by atoms with van der Waals surface area (Å²) < 4.78 is 7.68. The Labute approximate surface area is 122 Å². The molecule has 0 spiro atoms. The summed E-state index contributed by atoms with van der Waals surface area (Å²) in [6.45, 7) is 3.22. The second kappa shape index (κ2) is 4.74. The highest BCUT2D eigenvalue weighted by Gasteiger charge is 2.12. The first-order chi connectivity index (χ1) is 10.4. The lowest BCUT2D eigenvalue weighted by atomic mass is 10.1. The molecule has 0 fully saturated rings. The lowest BCUT2D eigenvalue weighted by Crippen LogP contribution is -1.95. The van der Waals surface area contributed by atoms with Crippen LogP contribution in [0.15, 0.2) is 53.3 Å². The molecule has 4 heteroatoms. The van der Waals surface area contributed by atoms with Crippen LogP contribution in [-0.4, -0.2) is 14.8 Å². The quantitative estimate of drug-likeness (QED) is 0.562. The number of fused-ring (bicyclic) bond motifs is 3. The van der Waals surface area contributed by atoms with Gasteiger partial charge in [-0.05, 0) is 30.7 Å². The molecule has 21 heavy (non-hydrogen) atoms. The van der Waals surface area contributed by atoms with Crippen molar-refractivity contribution >= 4 is 21.8 Å². The van der Waals surface area contributed by atoms with Crippen molar-refractivity contribution < 1.29 is 4.42 Å². The van der Waals surface area contributed by atoms with Crippen molar-refractivity contribution in [2.75, 3.05) is 0 Å². The van der Waals surface area contributed by atoms with Gasteiger partial charge in [-0.25, -0.2) is 0 Å². The molecule has 4 aromatic rings. The van der Waals surface area contributed by atoms with Gasteiger partial charge in [-0.3, -0.25) is 0 Å². The molecule has 0 radical (unpaired) electrons. The number of rotatable bonds is 3. The third-order valence-electron chi connectivity index (χ3n) is 3.83. The monoisotopic (exact) mass is 277 g/mol. The van der Waals surface area contributed by atoms with Gasteiger partial charge in [0.1, 0.15) is 0 Å². The summed E-state index contributed by atoms with van der Waals surface area (Å²) in [6, 6.07) is 14.8. The number of hydrogen-bond donors (Lipinski definition) is 0. The van der Waals surface area contributed by atoms with Crippen molar-refractivity contribution in [3.63, 3.8) is 0 Å². The Hall–Kier alpha value is -2.62. The highest BCUT2D eigenvalue weighted by Crippen LogP contribution is 2.32. The molecule has 2 aromatic carbocycles. The van der Waals surface area contributed by atoms with Crippen molar-refractivity contribution in [1.29, 1.82) is 0 Å². The van der Waals surface area contributed by atoms with Crippen molar-refractivity contribution in [1.82, 2.24) is 14.8 Å². The molecule has 0 amide bonds. The number of aromatic nitrogens is 3. The van der Waals surface area contributed by atoms with Crippen LogP contribution in [0.4, 0.5) is 0 Å². The molecule has 2 aromatic heterocycles. The third kappa shape index (κ3) is 1.83. The first-order valence-corrected chi connectivity index (χ1v) is 7.16. The fourth-order valence-electron chi connectivity index (χ4n) is 2.95. The van der Waals surface area contributed by atoms with E-state index in [2.05, 4.69) is 58.1 Å². The topological polar surface area (TPSA) is 43.9 Å². The molecule has 0 saturated carbocycles. The average Bonchev–Trinajstić information content (AvgIpc) is 3.15. The molecule has 2 heterocycles. The summed E-state index contributed by atoms with van der Waals surface area (Å²) in [7, 11) is 0. The molecule has 4 nitrogen and oxygen atoms in total. The zero-order valence-corrected chi connectivity index (χ0v) is 11.8. The van der Waals surface area contributed by atoms with E-state index < -0.39 is 0 Å². The lowest BCUT2D eigenvalue weighted by molar-refractivity contribution is 0.569. The van der Waals surface area contributed by atoms with Crippen LogP contribution in [0.5, 0.6) is 0 Å². The fourth-order valence-corrected chi connectivity index (χ4v) is 2.95. The van der Waals surface area contributed by atoms with E-state index >= 15 is 0 Å². The van der Waals surface area contributed by atoms with E-state index in [0.29, 0.717) is 5.89 Å². The summed E-state index contributed by atoms with van der Waals surface area (Å²) >= 11 is 0. The summed E-state index contributed by atoms with van der Waals surface area (Å²) in [5.74, 6) is 0.559. The summed E-state index contributed by atoms with van der Waals surface area (Å²) in [5.41, 5.74) is 3.48. The predicted octanol–water partition coefficient (Wildman–Crippen LogP) is 4.25. The van der Waals surface area contributed by atoms with Gasteiger partial charge in [0, 0.05) is 33.9 Å². The minimum Gasteiger partial charge on any atom is -0.423 e. The van der Waals surface area contributed by atoms with Gasteiger partial charge >= 0.3 is 0 Å². The van der Waals surface area contributed by atoms with Crippen LogP contribution in [0.25, 0.3) is 33.3 Å². The maximum absolute atomic E-state index is 5.31. The fraction of sp³-hybridized carbons (Fsp3) is 0.176. The molecule has 0 aliphatic carbocycles. The first kappa shape index (κ1) is 12.1. The van der Waals surface area contributed by atoms with Crippen molar-refractivity contribution in [2.24, 2.45) is 0 Å². The molecule has 0 aliphatic heterocycles. The molecule has 0 aliphatic rings. The van der Waals surface area contributed by atoms with Crippen LogP contribution < -0.4 is 0 Å². The van der Waals surface area contributed by atoms with Crippen LogP contribution in [0.2, 0.25) is 0 Å². The minimum atomic E-state index is 0.559. The normalized spacial score (nSPS) is 11.5. The summed E-state index contributed by atoms with van der Waals surface area (Å²) in [5, 5.41) is 10.2. The van der Waals surface area contributed by atoms with Gasteiger partial charge < -0.3 is 8.98 Å². The standard InChI is InChI=1S/C17H15N3O/c1-2-9-20-15-6-4-3-5-13(15)14-10-12(7-8-16(14)20)17-19-18-11-21-17/h3-8,10-11H,2,9H2,1H3. The minimum absolute atomic E-state index is 0.559. The molecule has 0 bridgehead atoms. The van der Waals surface area contributed by atoms with Crippen molar-refractivity contribution in [2.45, 2.75) is 19.9 Å². The van der Waals surface area contributed by atoms with E-state index in [1.54, 1.807) is 0 Å². The SMILES string of the molecule is CCCn1c2ccccc2c2cc(-c3nnco3)ccc21. The van der Waals surface area contributed by atoms with Crippen LogP contribution in [0.1, 0.15) is 13.3 Å². The van der Waals surface area contributed by atoms with Crippen molar-refractivity contribution in [3.8, 4) is 11.5 Å². The second-order valence-corrected chi connectivity index (χ2v) is 5.14. The molecule has 0 saturated heterocycles. The number of nitrogens with zero attached hydrogens (tertiary/aromatic N) is 3. The number of para-hydroxylation sites is 1. The Morgan fingerprint density at radius 1 is 1.05 bits per heavy atom. The maximum Gasteiger partial charge on any atom is 0.247 e. The van der Waals surface area contributed by atoms with E-state index in [1.165, 1.54) is 28.2 Å². The molecule has 4 rings (SSSR count). The molecular weight excluding hydrogens is 262 g/mol. The lowest BCUT2D eigenvalue weighted by Gasteiger charge is -2.05. The van der Waals surface area contributed by atoms with E-state index in [-0.39, 0.29) is 0 Å². The zero-order chi connectivity index (χ0) is 14.2. The number of benzene rings is 2. The van der Waals surface area contributed by atoms with Gasteiger partial charge in [0.05, 0.1) is 0 Å². The number of hydrogen-bond acceptors (Lipinski definition) is 3. The summed E-state index contributed by atoms with van der Waals surface area (Å²) in [4.78, 5) is 0. The molecule has 0 N–H and O–H groups in total. The van der Waals surface area contributed by atoms with Gasteiger partial charge in [-0.1, -0.05) is 25.1 Å². The Morgan fingerprint density at radius 2 is 1.90 bits per heavy atom. The van der Waals surface area contributed by atoms with Crippen LogP contribution in [-0.2, 0) is 6.54 Å². The zero-order valence-electron chi connectivity index (χ0n) is 11.8. The predicted molar refractivity (Wildman–Crippen MR) is 83.0 cm³/mol. The maximum atomic E-state index is 5.31. The van der Waals surface area contributed by atoms with E-state index in [0.717, 1.165) is 18.5 Å². The van der Waals surface area contributed by atoms with Gasteiger partial charge in [-0.15, -0.1) is 10.2 Å². The summed E-state index contributed by atoms with van der Waals surface area (Å²) in [6.07, 6.45) is 2.47. The highest BCUT2D eigenvalue weighted by atomic mass is 16.4. The molecular formula is C17H15N3O. The Bertz CT molecular complexity index is 906. The van der Waals surface area contributed by atoms with Crippen LogP contribution in [0.3, 0.4) is 0 Å². The smallest absolute Gasteiger partial charge is 0.247 e. The third-order valence-corrected chi connectivity index (χ3v) is 3.83. The van der Waals surface area contributed by atoms with E-state index in [4.69, 9.17) is 4.42 Å². The second-order valence-electron chi connectivity index (χ2n) is 5.14. The van der Waals surface area contributed by atoms with Crippen LogP contribution in [0, 0.1) is 0 Å². The molecule has 0 atom stereocenters. The van der Waals surface area contributed by atoms with Gasteiger partial charge in [0.15, 0.2) is 0 Å². The average molecular weight is 277 g/mol. The van der Waals surface area contributed by atoms with Crippen molar-refractivity contribution in [3.05, 3.63) is 48.9 Å². The van der Waals surface area contributed by atoms with Gasteiger partial charge in [0.25, 0.3) is 0 Å². The molecule has 0 unspecified atom stereocenters. The Morgan fingerprint density at radius 3 is 2.71 bits per heavy atom. The molecule has 104 valence electrons. The Kier molecular flexibility index (Phi) is 2.74. The highest BCUT2D eigenvalue weighted by molar-refractivity contribution is 6.09. The van der Waals surface area contributed by atoms with E-state index in [9.17, 15) is 0 Å². The van der Waals surface area contributed by atoms with Gasteiger partial charge in [0.2, 0.25) is 12.3 Å². The first-order valence-electron chi connectivity index (χ1n) is 7.16.